The summed E-state index contributed by atoms with van der Waals surface area (Å²) in [5, 5.41) is 19.6. The van der Waals surface area contributed by atoms with Crippen LogP contribution >= 0.6 is 0 Å². The van der Waals surface area contributed by atoms with Crippen molar-refractivity contribution in [3.63, 3.8) is 0 Å². The van der Waals surface area contributed by atoms with E-state index >= 15 is 0 Å². The lowest BCUT2D eigenvalue weighted by molar-refractivity contribution is 0.0874. The second kappa shape index (κ2) is 5.73. The van der Waals surface area contributed by atoms with Gasteiger partial charge in [-0.1, -0.05) is 48.5 Å². The first-order valence-corrected chi connectivity index (χ1v) is 6.87. The fraction of sp³-hybridized carbons (Fsp3) is 0.0588. The van der Waals surface area contributed by atoms with E-state index in [9.17, 15) is 9.90 Å². The number of hydrogen-bond acceptors (Lipinski definition) is 3. The van der Waals surface area contributed by atoms with E-state index in [2.05, 4.69) is 5.43 Å². The van der Waals surface area contributed by atoms with Crippen LogP contribution in [0.3, 0.4) is 0 Å². The molecule has 0 saturated carbocycles. The molecule has 0 atom stereocenters. The Labute approximate surface area is 128 Å². The molecule has 5 heteroatoms. The van der Waals surface area contributed by atoms with Crippen LogP contribution in [0.2, 0.25) is 0 Å². The number of nitrogens with zero attached hydrogens (tertiary/aromatic N) is 1. The van der Waals surface area contributed by atoms with E-state index < -0.39 is 0 Å². The van der Waals surface area contributed by atoms with Crippen LogP contribution in [0, 0.1) is 5.41 Å². The van der Waals surface area contributed by atoms with Crippen molar-refractivity contribution in [1.29, 1.82) is 5.41 Å². The van der Waals surface area contributed by atoms with Crippen LogP contribution < -0.4 is 5.43 Å². The molecule has 3 N–H and O–H groups in total. The van der Waals surface area contributed by atoms with Crippen LogP contribution in [0.15, 0.2) is 66.4 Å². The molecule has 0 radical (unpaired) electrons. The van der Waals surface area contributed by atoms with E-state index in [1.165, 1.54) is 5.01 Å². The van der Waals surface area contributed by atoms with E-state index in [1.807, 2.05) is 36.4 Å². The summed E-state index contributed by atoms with van der Waals surface area (Å²) in [5.74, 6) is -0.162. The Morgan fingerprint density at radius 2 is 1.64 bits per heavy atom. The van der Waals surface area contributed by atoms with Gasteiger partial charge in [0.25, 0.3) is 5.91 Å². The summed E-state index contributed by atoms with van der Waals surface area (Å²) in [4.78, 5) is 12.1. The third-order valence-corrected chi connectivity index (χ3v) is 3.44. The van der Waals surface area contributed by atoms with Gasteiger partial charge in [0, 0.05) is 5.56 Å². The van der Waals surface area contributed by atoms with E-state index in [4.69, 9.17) is 5.41 Å². The van der Waals surface area contributed by atoms with Crippen LogP contribution in [0.4, 0.5) is 0 Å². The van der Waals surface area contributed by atoms with Gasteiger partial charge in [-0.25, -0.2) is 0 Å². The van der Waals surface area contributed by atoms with Crippen molar-refractivity contribution in [1.82, 2.24) is 10.4 Å². The number of hydrazine groups is 1. The Morgan fingerprint density at radius 1 is 1.05 bits per heavy atom. The molecule has 0 fully saturated rings. The lowest BCUT2D eigenvalue weighted by Gasteiger charge is -2.19. The van der Waals surface area contributed by atoms with Gasteiger partial charge in [-0.2, -0.15) is 0 Å². The Kier molecular flexibility index (Phi) is 3.62. The summed E-state index contributed by atoms with van der Waals surface area (Å²) in [6.45, 7) is 0.0850. The SMILES string of the molecule is N=C1C(c2ccccc2)=C(O)CN1NC(=O)c1ccccc1. The third-order valence-electron chi connectivity index (χ3n) is 3.44. The summed E-state index contributed by atoms with van der Waals surface area (Å²) in [6, 6.07) is 18.0. The van der Waals surface area contributed by atoms with E-state index in [-0.39, 0.29) is 24.0 Å². The summed E-state index contributed by atoms with van der Waals surface area (Å²) in [6.07, 6.45) is 0. The predicted molar refractivity (Wildman–Crippen MR) is 84.3 cm³/mol. The molecule has 2 aromatic rings. The fourth-order valence-electron chi connectivity index (χ4n) is 2.36. The van der Waals surface area contributed by atoms with E-state index in [1.54, 1.807) is 24.3 Å². The molecule has 3 rings (SSSR count). The van der Waals surface area contributed by atoms with Crippen LogP contribution in [-0.4, -0.2) is 28.4 Å². The molecule has 5 nitrogen and oxygen atoms in total. The van der Waals surface area contributed by atoms with Crippen molar-refractivity contribution < 1.29 is 9.90 Å². The highest BCUT2D eigenvalue weighted by Gasteiger charge is 2.29. The summed E-state index contributed by atoms with van der Waals surface area (Å²) < 4.78 is 0. The van der Waals surface area contributed by atoms with Gasteiger partial charge < -0.3 is 5.11 Å². The lowest BCUT2D eigenvalue weighted by atomic mass is 10.1. The average molecular weight is 293 g/mol. The van der Waals surface area contributed by atoms with Crippen molar-refractivity contribution in [2.45, 2.75) is 0 Å². The number of carbonyl (C=O) groups excluding carboxylic acids is 1. The first-order valence-electron chi connectivity index (χ1n) is 6.87. The van der Waals surface area contributed by atoms with Crippen molar-refractivity contribution in [3.8, 4) is 0 Å². The third kappa shape index (κ3) is 2.56. The van der Waals surface area contributed by atoms with Crippen molar-refractivity contribution in [2.75, 3.05) is 6.54 Å². The van der Waals surface area contributed by atoms with Gasteiger partial charge in [-0.15, -0.1) is 0 Å². The van der Waals surface area contributed by atoms with Gasteiger partial charge in [0.15, 0.2) is 5.84 Å². The van der Waals surface area contributed by atoms with E-state index in [0.29, 0.717) is 11.1 Å². The highest BCUT2D eigenvalue weighted by atomic mass is 16.3. The number of rotatable bonds is 3. The lowest BCUT2D eigenvalue weighted by Crippen LogP contribution is -2.43. The molecular formula is C17H15N3O2. The fourth-order valence-corrected chi connectivity index (χ4v) is 2.36. The number of amides is 1. The number of benzene rings is 2. The minimum absolute atomic E-state index is 0.0737. The molecular weight excluding hydrogens is 278 g/mol. The Balaban J connectivity index is 1.77. The van der Waals surface area contributed by atoms with Gasteiger partial charge >= 0.3 is 0 Å². The van der Waals surface area contributed by atoms with E-state index in [0.717, 1.165) is 5.56 Å². The number of amidine groups is 1. The zero-order valence-electron chi connectivity index (χ0n) is 11.8. The van der Waals surface area contributed by atoms with Crippen LogP contribution in [0.1, 0.15) is 15.9 Å². The van der Waals surface area contributed by atoms with Gasteiger partial charge in [0.2, 0.25) is 0 Å². The van der Waals surface area contributed by atoms with Crippen LogP contribution in [0.5, 0.6) is 0 Å². The molecule has 0 spiro atoms. The summed E-state index contributed by atoms with van der Waals surface area (Å²) in [7, 11) is 0. The minimum Gasteiger partial charge on any atom is -0.510 e. The van der Waals surface area contributed by atoms with Gasteiger partial charge in [-0.3, -0.25) is 20.6 Å². The highest BCUT2D eigenvalue weighted by Crippen LogP contribution is 2.25. The number of aliphatic hydroxyl groups is 1. The van der Waals surface area contributed by atoms with Gasteiger partial charge in [-0.05, 0) is 17.7 Å². The monoisotopic (exact) mass is 293 g/mol. The van der Waals surface area contributed by atoms with Crippen molar-refractivity contribution in [2.24, 2.45) is 0 Å². The quantitative estimate of drug-likeness (QED) is 0.814. The van der Waals surface area contributed by atoms with Gasteiger partial charge in [0.05, 0.1) is 12.1 Å². The molecule has 0 bridgehead atoms. The summed E-state index contributed by atoms with van der Waals surface area (Å²) >= 11 is 0. The number of carbonyl (C=O) groups is 1. The summed E-state index contributed by atoms with van der Waals surface area (Å²) in [5.41, 5.74) is 4.34. The average Bonchev–Trinajstić information content (AvgIpc) is 2.83. The second-order valence-electron chi connectivity index (χ2n) is 4.93. The second-order valence-corrected chi connectivity index (χ2v) is 4.93. The molecule has 2 aromatic carbocycles. The molecule has 110 valence electrons. The molecule has 1 amide bonds. The molecule has 1 aliphatic rings. The maximum Gasteiger partial charge on any atom is 0.269 e. The van der Waals surface area contributed by atoms with Crippen LogP contribution in [-0.2, 0) is 0 Å². The van der Waals surface area contributed by atoms with Crippen LogP contribution in [0.25, 0.3) is 5.57 Å². The van der Waals surface area contributed by atoms with Gasteiger partial charge in [0.1, 0.15) is 5.76 Å². The minimum atomic E-state index is -0.313. The number of aliphatic hydroxyl groups excluding tert-OH is 1. The number of hydrogen-bond donors (Lipinski definition) is 3. The molecule has 0 aliphatic carbocycles. The maximum absolute atomic E-state index is 12.1. The normalized spacial score (nSPS) is 14.4. The molecule has 1 aliphatic heterocycles. The first kappa shape index (κ1) is 13.9. The zero-order chi connectivity index (χ0) is 15.5. The molecule has 0 saturated heterocycles. The first-order chi connectivity index (χ1) is 10.7. The standard InChI is InChI=1S/C17H15N3O2/c18-16-15(12-7-3-1-4-8-12)14(21)11-20(16)19-17(22)13-9-5-2-6-10-13/h1-10,18,21H,11H2,(H,19,22). The largest absolute Gasteiger partial charge is 0.510 e. The zero-order valence-corrected chi connectivity index (χ0v) is 11.8. The Bertz CT molecular complexity index is 739. The molecule has 22 heavy (non-hydrogen) atoms. The Morgan fingerprint density at radius 3 is 2.27 bits per heavy atom. The Hall–Kier alpha value is -3.08. The predicted octanol–water partition coefficient (Wildman–Crippen LogP) is 2.59. The maximum atomic E-state index is 12.1. The highest BCUT2D eigenvalue weighted by molar-refractivity contribution is 6.24. The van der Waals surface area contributed by atoms with Crippen molar-refractivity contribution >= 4 is 17.3 Å². The molecule has 0 unspecified atom stereocenters. The topological polar surface area (TPSA) is 76.4 Å². The molecule has 0 aromatic heterocycles. The molecule has 1 heterocycles. The smallest absolute Gasteiger partial charge is 0.269 e. The number of nitrogens with one attached hydrogen (secondary N) is 2. The van der Waals surface area contributed by atoms with Crippen molar-refractivity contribution in [3.05, 3.63) is 77.5 Å².